The van der Waals surface area contributed by atoms with Gasteiger partial charge in [0.15, 0.2) is 0 Å². The van der Waals surface area contributed by atoms with E-state index in [-0.39, 0.29) is 18.1 Å². The van der Waals surface area contributed by atoms with Crippen LogP contribution in [0.1, 0.15) is 57.9 Å². The SMILES string of the molecule is Cc1cc(C(=O)Nc2cc(NC(=O)c3cccc(C(C)(C)C#N)c3)ccc2C)nc(N2CCC(O)C(O)C2)n1. The van der Waals surface area contributed by atoms with Crippen LogP contribution in [-0.4, -0.2) is 57.3 Å². The first kappa shape index (κ1) is 27.7. The van der Waals surface area contributed by atoms with Gasteiger partial charge in [-0.3, -0.25) is 9.59 Å². The molecule has 2 atom stereocenters. The highest BCUT2D eigenvalue weighted by Crippen LogP contribution is 2.25. The lowest BCUT2D eigenvalue weighted by atomic mass is 9.85. The smallest absolute Gasteiger partial charge is 0.274 e. The largest absolute Gasteiger partial charge is 0.390 e. The average molecular weight is 529 g/mol. The molecule has 1 fully saturated rings. The molecule has 1 saturated heterocycles. The van der Waals surface area contributed by atoms with Crippen LogP contribution in [0.5, 0.6) is 0 Å². The summed E-state index contributed by atoms with van der Waals surface area (Å²) in [5.41, 5.74) is 2.96. The normalized spacial score (nSPS) is 17.3. The number of rotatable bonds is 6. The van der Waals surface area contributed by atoms with E-state index in [1.165, 1.54) is 0 Å². The van der Waals surface area contributed by atoms with Gasteiger partial charge in [0.1, 0.15) is 5.69 Å². The van der Waals surface area contributed by atoms with Crippen molar-refractivity contribution < 1.29 is 19.8 Å². The van der Waals surface area contributed by atoms with Gasteiger partial charge in [-0.1, -0.05) is 18.2 Å². The summed E-state index contributed by atoms with van der Waals surface area (Å²) in [5, 5.41) is 35.0. The van der Waals surface area contributed by atoms with E-state index in [0.29, 0.717) is 41.5 Å². The van der Waals surface area contributed by atoms with Crippen LogP contribution in [0.3, 0.4) is 0 Å². The Morgan fingerprint density at radius 2 is 1.79 bits per heavy atom. The summed E-state index contributed by atoms with van der Waals surface area (Å²) in [5.74, 6) is -0.473. The summed E-state index contributed by atoms with van der Waals surface area (Å²) < 4.78 is 0. The molecule has 2 unspecified atom stereocenters. The Morgan fingerprint density at radius 1 is 1.03 bits per heavy atom. The van der Waals surface area contributed by atoms with Crippen LogP contribution in [-0.2, 0) is 5.41 Å². The summed E-state index contributed by atoms with van der Waals surface area (Å²) in [7, 11) is 0. The molecule has 4 N–H and O–H groups in total. The molecular formula is C29H32N6O4. The predicted octanol–water partition coefficient (Wildman–Crippen LogP) is 3.33. The van der Waals surface area contributed by atoms with Crippen LogP contribution in [0.15, 0.2) is 48.5 Å². The molecule has 10 heteroatoms. The van der Waals surface area contributed by atoms with Crippen LogP contribution < -0.4 is 15.5 Å². The first-order valence-corrected chi connectivity index (χ1v) is 12.7. The summed E-state index contributed by atoms with van der Waals surface area (Å²) in [6.07, 6.45) is -1.34. The van der Waals surface area contributed by atoms with Crippen molar-refractivity contribution in [2.45, 2.75) is 51.7 Å². The zero-order valence-electron chi connectivity index (χ0n) is 22.4. The average Bonchev–Trinajstić information content (AvgIpc) is 2.91. The molecule has 1 aliphatic heterocycles. The van der Waals surface area contributed by atoms with E-state index >= 15 is 0 Å². The van der Waals surface area contributed by atoms with E-state index in [0.717, 1.165) is 11.1 Å². The number of nitrogens with one attached hydrogen (secondary N) is 2. The molecule has 1 aromatic heterocycles. The highest BCUT2D eigenvalue weighted by atomic mass is 16.3. The van der Waals surface area contributed by atoms with E-state index in [2.05, 4.69) is 26.7 Å². The summed E-state index contributed by atoms with van der Waals surface area (Å²) in [6, 6.07) is 16.0. The Labute approximate surface area is 227 Å². The fourth-order valence-electron chi connectivity index (χ4n) is 4.25. The van der Waals surface area contributed by atoms with Gasteiger partial charge in [0.05, 0.1) is 23.7 Å². The van der Waals surface area contributed by atoms with Crippen LogP contribution >= 0.6 is 0 Å². The number of nitrogens with zero attached hydrogens (tertiary/aromatic N) is 4. The summed E-state index contributed by atoms with van der Waals surface area (Å²) in [4.78, 5) is 36.7. The monoisotopic (exact) mass is 528 g/mol. The van der Waals surface area contributed by atoms with E-state index in [4.69, 9.17) is 0 Å². The minimum atomic E-state index is -0.916. The van der Waals surface area contributed by atoms with Gasteiger partial charge in [-0.05, 0) is 75.6 Å². The second-order valence-electron chi connectivity index (χ2n) is 10.3. The molecule has 0 aliphatic carbocycles. The van der Waals surface area contributed by atoms with E-state index < -0.39 is 23.5 Å². The number of hydrogen-bond acceptors (Lipinski definition) is 8. The number of nitriles is 1. The maximum absolute atomic E-state index is 13.2. The van der Waals surface area contributed by atoms with Crippen molar-refractivity contribution in [2.75, 3.05) is 28.6 Å². The zero-order chi connectivity index (χ0) is 28.3. The lowest BCUT2D eigenvalue weighted by Crippen LogP contribution is -2.47. The van der Waals surface area contributed by atoms with Crippen LogP contribution in [0.4, 0.5) is 17.3 Å². The van der Waals surface area contributed by atoms with Crippen molar-refractivity contribution in [2.24, 2.45) is 0 Å². The topological polar surface area (TPSA) is 151 Å². The predicted molar refractivity (Wildman–Crippen MR) is 148 cm³/mol. The van der Waals surface area contributed by atoms with Crippen molar-refractivity contribution in [3.05, 3.63) is 76.6 Å². The molecule has 0 saturated carbocycles. The minimum absolute atomic E-state index is 0.156. The van der Waals surface area contributed by atoms with E-state index in [1.54, 1.807) is 68.1 Å². The van der Waals surface area contributed by atoms with Crippen LogP contribution in [0.25, 0.3) is 0 Å². The van der Waals surface area contributed by atoms with Crippen LogP contribution in [0.2, 0.25) is 0 Å². The van der Waals surface area contributed by atoms with Gasteiger partial charge >= 0.3 is 0 Å². The molecule has 0 spiro atoms. The molecule has 10 nitrogen and oxygen atoms in total. The number of aromatic nitrogens is 2. The van der Waals surface area contributed by atoms with Crippen molar-refractivity contribution >= 4 is 29.1 Å². The lowest BCUT2D eigenvalue weighted by molar-refractivity contribution is 0.00768. The number of anilines is 3. The van der Waals surface area contributed by atoms with Gasteiger partial charge in [-0.25, -0.2) is 9.97 Å². The fraction of sp³-hybridized carbons (Fsp3) is 0.345. The van der Waals surface area contributed by atoms with Gasteiger partial charge in [0.25, 0.3) is 11.8 Å². The quantitative estimate of drug-likeness (QED) is 0.380. The third-order valence-electron chi connectivity index (χ3n) is 6.77. The number of aryl methyl sites for hydroxylation is 2. The number of aliphatic hydroxyl groups is 2. The van der Waals surface area contributed by atoms with Crippen molar-refractivity contribution in [1.82, 2.24) is 9.97 Å². The second kappa shape index (κ2) is 11.2. The number of benzene rings is 2. The molecule has 2 amide bonds. The Morgan fingerprint density at radius 3 is 2.51 bits per heavy atom. The van der Waals surface area contributed by atoms with Gasteiger partial charge in [0.2, 0.25) is 5.95 Å². The van der Waals surface area contributed by atoms with Crippen molar-refractivity contribution in [3.63, 3.8) is 0 Å². The molecule has 0 radical (unpaired) electrons. The number of hydrogen-bond donors (Lipinski definition) is 4. The Bertz CT molecular complexity index is 1450. The number of carbonyl (C=O) groups is 2. The van der Waals surface area contributed by atoms with Crippen molar-refractivity contribution in [3.8, 4) is 6.07 Å². The molecular weight excluding hydrogens is 496 g/mol. The Kier molecular flexibility index (Phi) is 7.95. The van der Waals surface area contributed by atoms with Gasteiger partial charge in [-0.15, -0.1) is 0 Å². The third-order valence-corrected chi connectivity index (χ3v) is 6.77. The molecule has 202 valence electrons. The molecule has 4 rings (SSSR count). The number of amides is 2. The number of carbonyl (C=O) groups excluding carboxylic acids is 2. The Hall–Kier alpha value is -4.33. The van der Waals surface area contributed by atoms with E-state index in [1.807, 2.05) is 13.0 Å². The van der Waals surface area contributed by atoms with Gasteiger partial charge in [0, 0.05) is 35.7 Å². The number of aliphatic hydroxyl groups excluding tert-OH is 2. The highest BCUT2D eigenvalue weighted by Gasteiger charge is 2.28. The molecule has 3 aromatic rings. The molecule has 2 aromatic carbocycles. The zero-order valence-corrected chi connectivity index (χ0v) is 22.4. The fourth-order valence-corrected chi connectivity index (χ4v) is 4.25. The highest BCUT2D eigenvalue weighted by molar-refractivity contribution is 6.06. The molecule has 1 aliphatic rings. The van der Waals surface area contributed by atoms with Gasteiger partial charge in [-0.2, -0.15) is 5.26 Å². The minimum Gasteiger partial charge on any atom is -0.390 e. The maximum Gasteiger partial charge on any atom is 0.274 e. The van der Waals surface area contributed by atoms with Crippen LogP contribution in [0, 0.1) is 25.2 Å². The van der Waals surface area contributed by atoms with Gasteiger partial charge < -0.3 is 25.7 Å². The first-order chi connectivity index (χ1) is 18.5. The van der Waals surface area contributed by atoms with E-state index in [9.17, 15) is 25.1 Å². The molecule has 0 bridgehead atoms. The van der Waals surface area contributed by atoms with Crippen molar-refractivity contribution in [1.29, 1.82) is 5.26 Å². The second-order valence-corrected chi connectivity index (χ2v) is 10.3. The number of β-amino-alcohol motifs (C(OH)–C–C–N with tert-alkyl or cyclic N) is 1. The number of piperidine rings is 1. The standard InChI is InChI=1S/C29H32N6O4/c1-17-8-9-21(32-26(38)19-6-5-7-20(13-19)29(3,4)16-30)14-22(17)33-27(39)23-12-18(2)31-28(34-23)35-11-10-24(36)25(37)15-35/h5-9,12-14,24-25,36-37H,10-11,15H2,1-4H3,(H,32,38)(H,33,39). The third kappa shape index (κ3) is 6.39. The Balaban J connectivity index is 1.51. The maximum atomic E-state index is 13.2. The molecule has 39 heavy (non-hydrogen) atoms. The summed E-state index contributed by atoms with van der Waals surface area (Å²) in [6.45, 7) is 7.81. The molecule has 2 heterocycles. The lowest BCUT2D eigenvalue weighted by Gasteiger charge is -2.33. The summed E-state index contributed by atoms with van der Waals surface area (Å²) >= 11 is 0. The first-order valence-electron chi connectivity index (χ1n) is 12.7.